The molecule has 5 aromatic rings. The first kappa shape index (κ1) is 19.6. The quantitative estimate of drug-likeness (QED) is 0.257. The van der Waals surface area contributed by atoms with E-state index in [4.69, 9.17) is 4.74 Å². The number of para-hydroxylation sites is 3. The second-order valence-electron chi connectivity index (χ2n) is 12.8. The highest BCUT2D eigenvalue weighted by atomic mass is 16.5. The van der Waals surface area contributed by atoms with Crippen LogP contribution in [0.2, 0.25) is 0 Å². The Balaban J connectivity index is 1.33. The van der Waals surface area contributed by atoms with E-state index in [0.717, 1.165) is 29.3 Å². The Morgan fingerprint density at radius 3 is 2.24 bits per heavy atom. The summed E-state index contributed by atoms with van der Waals surface area (Å²) in [6.45, 7) is 0.209. The summed E-state index contributed by atoms with van der Waals surface area (Å²) in [5.41, 5.74) is 9.97. The van der Waals surface area contributed by atoms with E-state index in [1.165, 1.54) is 82.4 Å². The van der Waals surface area contributed by atoms with Crippen molar-refractivity contribution in [2.75, 3.05) is 0 Å². The van der Waals surface area contributed by atoms with Crippen molar-refractivity contribution in [3.8, 4) is 17.2 Å². The summed E-state index contributed by atoms with van der Waals surface area (Å²) in [5.74, 6) is 4.89. The van der Waals surface area contributed by atoms with Gasteiger partial charge in [0.05, 0.1) is 5.52 Å². The van der Waals surface area contributed by atoms with Gasteiger partial charge in [-0.15, -0.1) is 0 Å². The Morgan fingerprint density at radius 2 is 1.41 bits per heavy atom. The maximum Gasteiger partial charge on any atom is 0.256 e. The van der Waals surface area contributed by atoms with Crippen LogP contribution in [0, 0.1) is 17.8 Å². The molecule has 0 atom stereocenters. The van der Waals surface area contributed by atoms with Crippen molar-refractivity contribution in [2.45, 2.75) is 43.9 Å². The van der Waals surface area contributed by atoms with E-state index in [0.29, 0.717) is 5.41 Å². The van der Waals surface area contributed by atoms with Gasteiger partial charge in [0, 0.05) is 22.0 Å². The lowest BCUT2D eigenvalue weighted by Crippen LogP contribution is -2.58. The Labute approximate surface area is 217 Å². The third-order valence-electron chi connectivity index (χ3n) is 10.8. The Morgan fingerprint density at radius 1 is 0.703 bits per heavy atom. The first-order valence-corrected chi connectivity index (χ1v) is 14.2. The van der Waals surface area contributed by atoms with Gasteiger partial charge in [0.2, 0.25) is 0 Å². The minimum atomic E-state index is 0.209. The SMILES string of the molecule is c1ccc2c(c1)Oc1cc(C34CC5CC(CC(C5)C3)C4)cc3c1B2c1cccc2c4ccccc4n-3c12. The van der Waals surface area contributed by atoms with Crippen LogP contribution < -0.4 is 21.1 Å². The van der Waals surface area contributed by atoms with Crippen LogP contribution in [0.5, 0.6) is 11.5 Å². The van der Waals surface area contributed by atoms with E-state index in [-0.39, 0.29) is 6.71 Å². The van der Waals surface area contributed by atoms with Crippen LogP contribution in [-0.2, 0) is 5.41 Å². The minimum absolute atomic E-state index is 0.209. The van der Waals surface area contributed by atoms with Crippen molar-refractivity contribution in [1.29, 1.82) is 0 Å². The van der Waals surface area contributed by atoms with Crippen molar-refractivity contribution in [2.24, 2.45) is 17.8 Å². The number of rotatable bonds is 1. The zero-order valence-corrected chi connectivity index (χ0v) is 20.9. The maximum atomic E-state index is 6.81. The van der Waals surface area contributed by atoms with E-state index >= 15 is 0 Å². The van der Waals surface area contributed by atoms with Crippen LogP contribution in [-0.4, -0.2) is 11.3 Å². The van der Waals surface area contributed by atoms with Gasteiger partial charge in [-0.3, -0.25) is 0 Å². The molecule has 0 amide bonds. The molecule has 4 saturated carbocycles. The van der Waals surface area contributed by atoms with Crippen LogP contribution in [0.1, 0.15) is 44.1 Å². The highest BCUT2D eigenvalue weighted by Crippen LogP contribution is 2.61. The van der Waals surface area contributed by atoms with Crippen LogP contribution in [0.3, 0.4) is 0 Å². The maximum absolute atomic E-state index is 6.81. The lowest BCUT2D eigenvalue weighted by atomic mass is 9.34. The normalized spacial score (nSPS) is 27.9. The number of ether oxygens (including phenoxy) is 1. The summed E-state index contributed by atoms with van der Waals surface area (Å²) in [5, 5.41) is 2.71. The molecule has 0 saturated heterocycles. The van der Waals surface area contributed by atoms with E-state index in [9.17, 15) is 0 Å². The van der Waals surface area contributed by atoms with Crippen molar-refractivity contribution >= 4 is 44.9 Å². The largest absolute Gasteiger partial charge is 0.458 e. The fourth-order valence-corrected chi connectivity index (χ4v) is 9.88. The van der Waals surface area contributed by atoms with Crippen molar-refractivity contribution < 1.29 is 4.74 Å². The monoisotopic (exact) mass is 477 g/mol. The van der Waals surface area contributed by atoms with E-state index in [1.807, 2.05) is 0 Å². The molecule has 6 aliphatic rings. The summed E-state index contributed by atoms with van der Waals surface area (Å²) in [6.07, 6.45) is 8.53. The van der Waals surface area contributed by atoms with E-state index in [2.05, 4.69) is 83.4 Å². The highest BCUT2D eigenvalue weighted by Gasteiger charge is 2.52. The van der Waals surface area contributed by atoms with Gasteiger partial charge in [-0.05, 0) is 108 Å². The average molecular weight is 477 g/mol. The van der Waals surface area contributed by atoms with Gasteiger partial charge >= 0.3 is 0 Å². The van der Waals surface area contributed by atoms with Gasteiger partial charge in [0.1, 0.15) is 11.5 Å². The second kappa shape index (κ2) is 6.51. The Kier molecular flexibility index (Phi) is 3.45. The van der Waals surface area contributed by atoms with Gasteiger partial charge in [-0.25, -0.2) is 0 Å². The molecule has 11 rings (SSSR count). The molecule has 4 fully saturated rings. The third-order valence-corrected chi connectivity index (χ3v) is 10.8. The van der Waals surface area contributed by atoms with Crippen LogP contribution in [0.15, 0.2) is 78.9 Å². The second-order valence-corrected chi connectivity index (χ2v) is 12.8. The molecular formula is C34H28BNO. The van der Waals surface area contributed by atoms with Crippen molar-refractivity contribution in [3.63, 3.8) is 0 Å². The molecule has 37 heavy (non-hydrogen) atoms. The zero-order chi connectivity index (χ0) is 23.9. The van der Waals surface area contributed by atoms with Gasteiger partial charge in [-0.1, -0.05) is 54.6 Å². The van der Waals surface area contributed by atoms with Gasteiger partial charge in [0.25, 0.3) is 6.71 Å². The minimum Gasteiger partial charge on any atom is -0.458 e. The number of hydrogen-bond acceptors (Lipinski definition) is 1. The molecule has 2 aliphatic heterocycles. The highest BCUT2D eigenvalue weighted by molar-refractivity contribution is 6.99. The first-order chi connectivity index (χ1) is 18.3. The molecule has 0 spiro atoms. The molecule has 4 aromatic carbocycles. The lowest BCUT2D eigenvalue weighted by Gasteiger charge is -2.57. The number of benzene rings is 4. The van der Waals surface area contributed by atoms with Gasteiger partial charge in [-0.2, -0.15) is 0 Å². The summed E-state index contributed by atoms with van der Waals surface area (Å²) >= 11 is 0. The average Bonchev–Trinajstić information content (AvgIpc) is 3.25. The molecular weight excluding hydrogens is 449 g/mol. The molecule has 2 nitrogen and oxygen atoms in total. The first-order valence-electron chi connectivity index (χ1n) is 14.2. The smallest absolute Gasteiger partial charge is 0.256 e. The molecule has 178 valence electrons. The van der Waals surface area contributed by atoms with Gasteiger partial charge in [0.15, 0.2) is 0 Å². The third kappa shape index (κ3) is 2.36. The topological polar surface area (TPSA) is 14.2 Å². The summed E-state index contributed by atoms with van der Waals surface area (Å²) in [4.78, 5) is 0. The Bertz CT molecular complexity index is 1780. The molecule has 3 heterocycles. The molecule has 4 bridgehead atoms. The number of nitrogens with zero attached hydrogens (tertiary/aromatic N) is 1. The van der Waals surface area contributed by atoms with E-state index < -0.39 is 0 Å². The van der Waals surface area contributed by atoms with Crippen molar-refractivity contribution in [1.82, 2.24) is 4.57 Å². The summed E-state index contributed by atoms with van der Waals surface area (Å²) in [6, 6.07) is 29.7. The van der Waals surface area contributed by atoms with Crippen LogP contribution in [0.25, 0.3) is 27.5 Å². The fraction of sp³-hybridized carbons (Fsp3) is 0.294. The van der Waals surface area contributed by atoms with Crippen LogP contribution >= 0.6 is 0 Å². The fourth-order valence-electron chi connectivity index (χ4n) is 9.88. The number of fused-ring (bicyclic) bond motifs is 7. The molecule has 3 heteroatoms. The molecule has 1 aromatic heterocycles. The van der Waals surface area contributed by atoms with Crippen LogP contribution in [0.4, 0.5) is 0 Å². The van der Waals surface area contributed by atoms with Gasteiger partial charge < -0.3 is 9.30 Å². The lowest BCUT2D eigenvalue weighted by molar-refractivity contribution is -0.00524. The van der Waals surface area contributed by atoms with E-state index in [1.54, 1.807) is 5.56 Å². The predicted molar refractivity (Wildman–Crippen MR) is 152 cm³/mol. The molecule has 0 N–H and O–H groups in total. The Hall–Kier alpha value is -3.46. The summed E-state index contributed by atoms with van der Waals surface area (Å²) < 4.78 is 9.39. The predicted octanol–water partition coefficient (Wildman–Crippen LogP) is 6.19. The molecule has 0 radical (unpaired) electrons. The number of hydrogen-bond donors (Lipinski definition) is 0. The number of aromatic nitrogens is 1. The summed E-state index contributed by atoms with van der Waals surface area (Å²) in [7, 11) is 0. The van der Waals surface area contributed by atoms with Crippen molar-refractivity contribution in [3.05, 3.63) is 84.4 Å². The molecule has 0 unspecified atom stereocenters. The zero-order valence-electron chi connectivity index (χ0n) is 20.9. The molecule has 4 aliphatic carbocycles. The standard InChI is InChI=1S/C34H28BNO/c1-3-10-28-24(6-1)25-7-5-9-27-33(25)36(28)29-15-23(34-17-20-12-21(18-34)14-22(13-20)19-34)16-31-32(29)35(27)26-8-2-4-11-30(26)37-31/h1-11,15-16,20-22H,12-14,17-19H2.